The van der Waals surface area contributed by atoms with Gasteiger partial charge < -0.3 is 19.9 Å². The van der Waals surface area contributed by atoms with E-state index in [4.69, 9.17) is 4.74 Å². The number of aromatic amines is 1. The molecule has 2 N–H and O–H groups in total. The molecule has 5 rings (SSSR count). The number of methoxy groups -OCH3 is 1. The molecule has 4 heterocycles. The molecule has 2 aliphatic rings. The van der Waals surface area contributed by atoms with Crippen LogP contribution in [-0.2, 0) is 11.3 Å². The molecule has 32 heavy (non-hydrogen) atoms. The lowest BCUT2D eigenvalue weighted by Crippen LogP contribution is -2.67. The maximum absolute atomic E-state index is 13.6. The van der Waals surface area contributed by atoms with Crippen molar-refractivity contribution in [2.75, 3.05) is 38.2 Å². The minimum absolute atomic E-state index is 0.162. The molecule has 168 valence electrons. The summed E-state index contributed by atoms with van der Waals surface area (Å²) in [5.41, 5.74) is 3.22. The second-order valence-electron chi connectivity index (χ2n) is 8.76. The van der Waals surface area contributed by atoms with Crippen molar-refractivity contribution in [2.24, 2.45) is 0 Å². The number of anilines is 1. The SMILES string of the molecule is COc1ccc2n[nH]c(CN3CCNC4(CCN(c5nc(C)cc(C)n5)CC4)C3=O)c2c1. The molecule has 1 spiro atoms. The molecule has 0 unspecified atom stereocenters. The first-order valence-corrected chi connectivity index (χ1v) is 11.1. The van der Waals surface area contributed by atoms with Gasteiger partial charge in [0.2, 0.25) is 11.9 Å². The van der Waals surface area contributed by atoms with Gasteiger partial charge in [-0.25, -0.2) is 9.97 Å². The van der Waals surface area contributed by atoms with Crippen LogP contribution < -0.4 is 15.0 Å². The highest BCUT2D eigenvalue weighted by Gasteiger charge is 2.46. The second-order valence-corrected chi connectivity index (χ2v) is 8.76. The first kappa shape index (κ1) is 20.7. The summed E-state index contributed by atoms with van der Waals surface area (Å²) in [5.74, 6) is 1.70. The van der Waals surface area contributed by atoms with Gasteiger partial charge in [-0.2, -0.15) is 5.10 Å². The molecule has 9 heteroatoms. The van der Waals surface area contributed by atoms with Crippen molar-refractivity contribution in [2.45, 2.75) is 38.8 Å². The minimum Gasteiger partial charge on any atom is -0.497 e. The molecule has 0 bridgehead atoms. The fourth-order valence-electron chi connectivity index (χ4n) is 4.87. The van der Waals surface area contributed by atoms with Crippen LogP contribution in [0.25, 0.3) is 10.9 Å². The molecule has 2 aliphatic heterocycles. The average Bonchev–Trinajstić information content (AvgIpc) is 3.19. The summed E-state index contributed by atoms with van der Waals surface area (Å²) < 4.78 is 5.36. The molecular formula is C23H29N7O2. The molecule has 0 aliphatic carbocycles. The van der Waals surface area contributed by atoms with E-state index in [0.717, 1.165) is 72.2 Å². The summed E-state index contributed by atoms with van der Waals surface area (Å²) in [5, 5.41) is 12.0. The Morgan fingerprint density at radius 3 is 2.56 bits per heavy atom. The number of piperazine rings is 1. The summed E-state index contributed by atoms with van der Waals surface area (Å²) in [6.45, 7) is 7.44. The highest BCUT2D eigenvalue weighted by atomic mass is 16.5. The fraction of sp³-hybridized carbons (Fsp3) is 0.478. The first-order chi connectivity index (χ1) is 15.5. The summed E-state index contributed by atoms with van der Waals surface area (Å²) >= 11 is 0. The zero-order valence-corrected chi connectivity index (χ0v) is 18.8. The molecule has 2 saturated heterocycles. The summed E-state index contributed by atoms with van der Waals surface area (Å²) in [7, 11) is 1.65. The number of hydrogen-bond acceptors (Lipinski definition) is 7. The Hall–Kier alpha value is -3.20. The normalized spacial score (nSPS) is 18.5. The molecular weight excluding hydrogens is 406 g/mol. The van der Waals surface area contributed by atoms with E-state index in [1.165, 1.54) is 0 Å². The van der Waals surface area contributed by atoms with E-state index in [-0.39, 0.29) is 5.91 Å². The number of benzene rings is 1. The molecule has 0 radical (unpaired) electrons. The monoisotopic (exact) mass is 435 g/mol. The molecule has 2 fully saturated rings. The first-order valence-electron chi connectivity index (χ1n) is 11.1. The number of aryl methyl sites for hydroxylation is 2. The third-order valence-electron chi connectivity index (χ3n) is 6.60. The van der Waals surface area contributed by atoms with Crippen molar-refractivity contribution in [1.29, 1.82) is 0 Å². The smallest absolute Gasteiger partial charge is 0.243 e. The standard InChI is InChI=1S/C23H29N7O2/c1-15-12-16(2)26-22(25-15)29-9-6-23(7-10-29)21(31)30(11-8-24-23)14-20-18-13-17(32-3)4-5-19(18)27-28-20/h4-5,12-13,24H,6-11,14H2,1-3H3,(H,27,28). The number of carbonyl (C=O) groups is 1. The molecule has 9 nitrogen and oxygen atoms in total. The van der Waals surface area contributed by atoms with Crippen molar-refractivity contribution in [1.82, 2.24) is 30.4 Å². The van der Waals surface area contributed by atoms with Crippen molar-refractivity contribution in [3.05, 3.63) is 41.3 Å². The Bertz CT molecular complexity index is 1130. The van der Waals surface area contributed by atoms with Gasteiger partial charge in [0.05, 0.1) is 24.9 Å². The van der Waals surface area contributed by atoms with Gasteiger partial charge >= 0.3 is 0 Å². The number of carbonyl (C=O) groups excluding carboxylic acids is 1. The number of fused-ring (bicyclic) bond motifs is 1. The Morgan fingerprint density at radius 1 is 1.09 bits per heavy atom. The van der Waals surface area contributed by atoms with Crippen LogP contribution in [-0.4, -0.2) is 69.8 Å². The maximum atomic E-state index is 13.6. The van der Waals surface area contributed by atoms with E-state index in [2.05, 4.69) is 30.4 Å². The molecule has 0 atom stereocenters. The fourth-order valence-corrected chi connectivity index (χ4v) is 4.87. The maximum Gasteiger partial charge on any atom is 0.243 e. The van der Waals surface area contributed by atoms with E-state index >= 15 is 0 Å². The minimum atomic E-state index is -0.527. The van der Waals surface area contributed by atoms with Crippen molar-refractivity contribution in [3.8, 4) is 5.75 Å². The average molecular weight is 436 g/mol. The number of nitrogens with zero attached hydrogens (tertiary/aromatic N) is 5. The molecule has 1 aromatic carbocycles. The molecule has 3 aromatic rings. The Morgan fingerprint density at radius 2 is 1.84 bits per heavy atom. The second kappa shape index (κ2) is 8.05. The lowest BCUT2D eigenvalue weighted by atomic mass is 9.84. The van der Waals surface area contributed by atoms with Crippen molar-refractivity contribution >= 4 is 22.8 Å². The lowest BCUT2D eigenvalue weighted by molar-refractivity contribution is -0.143. The highest BCUT2D eigenvalue weighted by molar-refractivity contribution is 5.88. The third kappa shape index (κ3) is 3.66. The van der Waals surface area contributed by atoms with Crippen LogP contribution in [0.4, 0.5) is 5.95 Å². The van der Waals surface area contributed by atoms with Crippen LogP contribution in [0.3, 0.4) is 0 Å². The van der Waals surface area contributed by atoms with Crippen LogP contribution in [0.15, 0.2) is 24.3 Å². The van der Waals surface area contributed by atoms with Crippen LogP contribution >= 0.6 is 0 Å². The number of piperidine rings is 1. The number of ether oxygens (including phenoxy) is 1. The summed E-state index contributed by atoms with van der Waals surface area (Å²) in [6.07, 6.45) is 1.46. The third-order valence-corrected chi connectivity index (χ3v) is 6.60. The molecule has 0 saturated carbocycles. The van der Waals surface area contributed by atoms with E-state index in [0.29, 0.717) is 13.1 Å². The predicted molar refractivity (Wildman–Crippen MR) is 122 cm³/mol. The Kier molecular flexibility index (Phi) is 5.21. The summed E-state index contributed by atoms with van der Waals surface area (Å²) in [6, 6.07) is 7.78. The van der Waals surface area contributed by atoms with E-state index in [1.807, 2.05) is 43.0 Å². The van der Waals surface area contributed by atoms with Gasteiger partial charge in [-0.05, 0) is 51.0 Å². The largest absolute Gasteiger partial charge is 0.497 e. The van der Waals surface area contributed by atoms with Gasteiger partial charge in [0.25, 0.3) is 0 Å². The topological polar surface area (TPSA) is 99.3 Å². The number of aromatic nitrogens is 4. The number of nitrogens with one attached hydrogen (secondary N) is 2. The van der Waals surface area contributed by atoms with Gasteiger partial charge in [-0.3, -0.25) is 9.89 Å². The Balaban J connectivity index is 1.32. The molecule has 2 aromatic heterocycles. The van der Waals surface area contributed by atoms with Crippen molar-refractivity contribution in [3.63, 3.8) is 0 Å². The van der Waals surface area contributed by atoms with Crippen LogP contribution in [0.5, 0.6) is 5.75 Å². The molecule has 1 amide bonds. The van der Waals surface area contributed by atoms with Gasteiger partial charge in [0.1, 0.15) is 11.3 Å². The quantitative estimate of drug-likeness (QED) is 0.646. The highest BCUT2D eigenvalue weighted by Crippen LogP contribution is 2.30. The number of H-pyrrole nitrogens is 1. The number of rotatable bonds is 4. The van der Waals surface area contributed by atoms with Gasteiger partial charge in [0, 0.05) is 43.0 Å². The zero-order chi connectivity index (χ0) is 22.3. The lowest BCUT2D eigenvalue weighted by Gasteiger charge is -2.47. The van der Waals surface area contributed by atoms with Crippen LogP contribution in [0, 0.1) is 13.8 Å². The van der Waals surface area contributed by atoms with Gasteiger partial charge in [-0.1, -0.05) is 0 Å². The summed E-state index contributed by atoms with van der Waals surface area (Å²) in [4.78, 5) is 26.9. The van der Waals surface area contributed by atoms with E-state index in [9.17, 15) is 4.79 Å². The Labute approximate surface area is 187 Å². The van der Waals surface area contributed by atoms with Gasteiger partial charge in [0.15, 0.2) is 0 Å². The number of amides is 1. The van der Waals surface area contributed by atoms with Crippen molar-refractivity contribution < 1.29 is 9.53 Å². The van der Waals surface area contributed by atoms with E-state index in [1.54, 1.807) is 7.11 Å². The predicted octanol–water partition coefficient (Wildman–Crippen LogP) is 1.95. The van der Waals surface area contributed by atoms with E-state index < -0.39 is 5.54 Å². The van der Waals surface area contributed by atoms with Crippen LogP contribution in [0.1, 0.15) is 29.9 Å². The zero-order valence-electron chi connectivity index (χ0n) is 18.8. The van der Waals surface area contributed by atoms with Gasteiger partial charge in [-0.15, -0.1) is 0 Å². The van der Waals surface area contributed by atoms with Crippen LogP contribution in [0.2, 0.25) is 0 Å². The number of hydrogen-bond donors (Lipinski definition) is 2.